The van der Waals surface area contributed by atoms with Gasteiger partial charge in [-0.3, -0.25) is 14.1 Å². The molecule has 5 rings (SSSR count). The highest BCUT2D eigenvalue weighted by atomic mass is 32.2. The normalized spacial score (nSPS) is 18.0. The van der Waals surface area contributed by atoms with Crippen LogP contribution in [0.4, 0.5) is 5.69 Å². The molecule has 0 radical (unpaired) electrons. The Bertz CT molecular complexity index is 1420. The Morgan fingerprint density at radius 1 is 1.19 bits per heavy atom. The second-order valence-corrected chi connectivity index (χ2v) is 11.1. The molecule has 1 aliphatic heterocycles. The van der Waals surface area contributed by atoms with E-state index in [1.54, 1.807) is 0 Å². The van der Waals surface area contributed by atoms with Gasteiger partial charge in [0.2, 0.25) is 10.0 Å². The largest absolute Gasteiger partial charge is 0.480 e. The van der Waals surface area contributed by atoms with Crippen LogP contribution in [0.2, 0.25) is 0 Å². The number of hydrogen-bond acceptors (Lipinski definition) is 5. The van der Waals surface area contributed by atoms with Crippen LogP contribution in [0.25, 0.3) is 10.8 Å². The first-order valence-electron chi connectivity index (χ1n) is 10.4. The summed E-state index contributed by atoms with van der Waals surface area (Å²) >= 11 is 1.37. The van der Waals surface area contributed by atoms with Crippen LogP contribution in [0.3, 0.4) is 0 Å². The molecule has 2 heterocycles. The molecule has 3 aromatic rings. The number of anilines is 1. The van der Waals surface area contributed by atoms with Crippen molar-refractivity contribution in [1.82, 2.24) is 4.57 Å². The van der Waals surface area contributed by atoms with E-state index in [1.165, 1.54) is 16.3 Å². The smallest absolute Gasteiger partial charge is 0.327 e. The van der Waals surface area contributed by atoms with Gasteiger partial charge in [0.1, 0.15) is 11.7 Å². The maximum Gasteiger partial charge on any atom is 0.327 e. The van der Waals surface area contributed by atoms with Gasteiger partial charge in [0.25, 0.3) is 5.56 Å². The molecule has 1 aliphatic carbocycles. The lowest BCUT2D eigenvalue weighted by Gasteiger charge is -2.21. The molecule has 0 saturated heterocycles. The molecule has 32 heavy (non-hydrogen) atoms. The Morgan fingerprint density at radius 3 is 2.59 bits per heavy atom. The predicted molar refractivity (Wildman–Crippen MR) is 125 cm³/mol. The molecule has 2 aliphatic rings. The number of pyridine rings is 1. The van der Waals surface area contributed by atoms with E-state index in [0.717, 1.165) is 41.0 Å². The van der Waals surface area contributed by atoms with Crippen molar-refractivity contribution >= 4 is 44.2 Å². The van der Waals surface area contributed by atoms with Crippen molar-refractivity contribution in [2.24, 2.45) is 0 Å². The van der Waals surface area contributed by atoms with E-state index in [2.05, 4.69) is 4.72 Å². The van der Waals surface area contributed by atoms with Crippen LogP contribution < -0.4 is 10.3 Å². The SMILES string of the molecule is CS(=O)(=O)Nc1c(Cc2cccc3ccccc23)c(C2CC2)c2n(c1=O)[C@H](C(=O)O)CS2. The van der Waals surface area contributed by atoms with Crippen molar-refractivity contribution in [3.05, 3.63) is 69.5 Å². The number of nitrogens with one attached hydrogen (secondary N) is 1. The molecule has 1 saturated carbocycles. The van der Waals surface area contributed by atoms with Gasteiger partial charge in [0, 0.05) is 12.2 Å². The first-order chi connectivity index (χ1) is 15.2. The maximum absolute atomic E-state index is 13.5. The van der Waals surface area contributed by atoms with Crippen LogP contribution in [0.15, 0.2) is 52.3 Å². The highest BCUT2D eigenvalue weighted by Gasteiger charge is 2.40. The van der Waals surface area contributed by atoms with E-state index in [9.17, 15) is 23.1 Å². The number of aliphatic carboxylic acids is 1. The minimum atomic E-state index is -3.75. The minimum absolute atomic E-state index is 0.0279. The van der Waals surface area contributed by atoms with Gasteiger partial charge in [-0.05, 0) is 46.2 Å². The third-order valence-corrected chi connectivity index (χ3v) is 7.75. The van der Waals surface area contributed by atoms with Gasteiger partial charge in [-0.15, -0.1) is 11.8 Å². The van der Waals surface area contributed by atoms with Crippen LogP contribution in [-0.4, -0.2) is 36.1 Å². The van der Waals surface area contributed by atoms with Crippen molar-refractivity contribution in [2.75, 3.05) is 16.7 Å². The number of rotatable bonds is 6. The Labute approximate surface area is 189 Å². The number of aromatic nitrogens is 1. The van der Waals surface area contributed by atoms with E-state index in [1.807, 2.05) is 42.5 Å². The zero-order chi connectivity index (χ0) is 22.6. The van der Waals surface area contributed by atoms with Crippen LogP contribution in [-0.2, 0) is 21.2 Å². The van der Waals surface area contributed by atoms with Gasteiger partial charge in [-0.25, -0.2) is 13.2 Å². The molecule has 1 aromatic heterocycles. The van der Waals surface area contributed by atoms with E-state index in [0.29, 0.717) is 17.0 Å². The molecule has 9 heteroatoms. The van der Waals surface area contributed by atoms with Crippen LogP contribution in [0.5, 0.6) is 0 Å². The number of nitrogens with zero attached hydrogens (tertiary/aromatic N) is 1. The topological polar surface area (TPSA) is 105 Å². The highest BCUT2D eigenvalue weighted by molar-refractivity contribution is 7.99. The zero-order valence-electron chi connectivity index (χ0n) is 17.4. The summed E-state index contributed by atoms with van der Waals surface area (Å²) in [7, 11) is -3.75. The van der Waals surface area contributed by atoms with Crippen molar-refractivity contribution in [1.29, 1.82) is 0 Å². The van der Waals surface area contributed by atoms with Gasteiger partial charge >= 0.3 is 5.97 Å². The standard InChI is InChI=1S/C23H22N2O5S2/c1-32(29,30)24-20-17(11-15-7-4-6-13-5-2-3-8-16(13)15)19(14-9-10-14)22-25(21(20)26)18(12-31-22)23(27)28/h2-8,14,18,24H,9-12H2,1H3,(H,27,28)/t18-/m0/s1. The molecule has 1 fully saturated rings. The summed E-state index contributed by atoms with van der Waals surface area (Å²) in [6, 6.07) is 12.9. The number of carboxylic acid groups (broad SMARTS) is 1. The average Bonchev–Trinajstić information content (AvgIpc) is 3.47. The highest BCUT2D eigenvalue weighted by Crippen LogP contribution is 2.50. The molecule has 2 N–H and O–H groups in total. The predicted octanol–water partition coefficient (Wildman–Crippen LogP) is 3.57. The summed E-state index contributed by atoms with van der Waals surface area (Å²) in [4.78, 5) is 25.3. The number of carboxylic acids is 1. The summed E-state index contributed by atoms with van der Waals surface area (Å²) in [6.07, 6.45) is 3.26. The Kier molecular flexibility index (Phi) is 5.05. The van der Waals surface area contributed by atoms with Crippen LogP contribution in [0.1, 0.15) is 41.5 Å². The van der Waals surface area contributed by atoms with Gasteiger partial charge < -0.3 is 5.11 Å². The molecule has 166 valence electrons. The fraction of sp³-hybridized carbons (Fsp3) is 0.304. The first kappa shape index (κ1) is 21.1. The summed E-state index contributed by atoms with van der Waals surface area (Å²) in [5, 5.41) is 12.4. The van der Waals surface area contributed by atoms with Gasteiger partial charge in [-0.1, -0.05) is 42.5 Å². The minimum Gasteiger partial charge on any atom is -0.480 e. The second kappa shape index (κ2) is 7.67. The Hall–Kier alpha value is -2.78. The fourth-order valence-corrected chi connectivity index (χ4v) is 6.47. The zero-order valence-corrected chi connectivity index (χ0v) is 19.0. The van der Waals surface area contributed by atoms with Crippen molar-refractivity contribution in [2.45, 2.75) is 36.2 Å². The Balaban J connectivity index is 1.78. The van der Waals surface area contributed by atoms with Gasteiger partial charge in [0.15, 0.2) is 0 Å². The van der Waals surface area contributed by atoms with E-state index in [4.69, 9.17) is 0 Å². The molecule has 0 bridgehead atoms. The molecule has 0 unspecified atom stereocenters. The van der Waals surface area contributed by atoms with E-state index < -0.39 is 27.6 Å². The second-order valence-electron chi connectivity index (χ2n) is 8.38. The molecular formula is C23H22N2O5S2. The van der Waals surface area contributed by atoms with Crippen molar-refractivity contribution in [3.8, 4) is 0 Å². The van der Waals surface area contributed by atoms with Crippen LogP contribution in [0, 0.1) is 0 Å². The quantitative estimate of drug-likeness (QED) is 0.571. The molecule has 7 nitrogen and oxygen atoms in total. The lowest BCUT2D eigenvalue weighted by Crippen LogP contribution is -2.33. The summed E-state index contributed by atoms with van der Waals surface area (Å²) in [5.41, 5.74) is 1.94. The number of benzene rings is 2. The Morgan fingerprint density at radius 2 is 1.91 bits per heavy atom. The fourth-order valence-electron chi connectivity index (χ4n) is 4.48. The summed E-state index contributed by atoms with van der Waals surface area (Å²) < 4.78 is 28.1. The lowest BCUT2D eigenvalue weighted by molar-refractivity contribution is -0.140. The number of hydrogen-bond donors (Lipinski definition) is 2. The van der Waals surface area contributed by atoms with Gasteiger partial charge in [-0.2, -0.15) is 0 Å². The average molecular weight is 471 g/mol. The van der Waals surface area contributed by atoms with Crippen molar-refractivity contribution in [3.63, 3.8) is 0 Å². The molecule has 1 atom stereocenters. The van der Waals surface area contributed by atoms with Crippen LogP contribution >= 0.6 is 11.8 Å². The van der Waals surface area contributed by atoms with E-state index >= 15 is 0 Å². The van der Waals surface area contributed by atoms with Crippen molar-refractivity contribution < 1.29 is 18.3 Å². The monoisotopic (exact) mass is 470 g/mol. The number of carbonyl (C=O) groups is 1. The third kappa shape index (κ3) is 3.69. The van der Waals surface area contributed by atoms with E-state index in [-0.39, 0.29) is 17.4 Å². The molecule has 0 spiro atoms. The number of fused-ring (bicyclic) bond motifs is 2. The third-order valence-electron chi connectivity index (χ3n) is 6.00. The lowest BCUT2D eigenvalue weighted by atomic mass is 9.93. The summed E-state index contributed by atoms with van der Waals surface area (Å²) in [5.74, 6) is -0.644. The van der Waals surface area contributed by atoms with Gasteiger partial charge in [0.05, 0.1) is 11.3 Å². The molecular weight excluding hydrogens is 448 g/mol. The maximum atomic E-state index is 13.5. The summed E-state index contributed by atoms with van der Waals surface area (Å²) in [6.45, 7) is 0. The first-order valence-corrected chi connectivity index (χ1v) is 13.2. The molecule has 2 aromatic carbocycles. The number of sulfonamides is 1. The number of thioether (sulfide) groups is 1. The molecule has 0 amide bonds.